The summed E-state index contributed by atoms with van der Waals surface area (Å²) in [6.45, 7) is 7.87. The van der Waals surface area contributed by atoms with Crippen molar-refractivity contribution in [1.29, 1.82) is 0 Å². The highest BCUT2D eigenvalue weighted by atomic mass is 35.5. The first kappa shape index (κ1) is 26.1. The van der Waals surface area contributed by atoms with E-state index in [0.29, 0.717) is 48.4 Å². The molecular formula is C29H30ClN3O4. The smallest absolute Gasteiger partial charge is 0.255 e. The van der Waals surface area contributed by atoms with Gasteiger partial charge in [0.2, 0.25) is 0 Å². The standard InChI is InChI=1S/C29H30ClN3O4/c1-4-35-27-13-8-22(15-28(27)36-5-2)17-33-18-24(16-31-33)32-29(34)23-9-6-21(7-10-23)19-37-25-11-12-26(30)20(3)14-25/h6-16,18H,4-5,17,19H2,1-3H3,(H,32,34). The molecule has 4 rings (SSSR count). The summed E-state index contributed by atoms with van der Waals surface area (Å²) >= 11 is 6.06. The average Bonchev–Trinajstić information content (AvgIpc) is 3.33. The lowest BCUT2D eigenvalue weighted by Gasteiger charge is -2.12. The molecule has 192 valence electrons. The summed E-state index contributed by atoms with van der Waals surface area (Å²) in [5.41, 5.74) is 4.10. The number of rotatable bonds is 11. The highest BCUT2D eigenvalue weighted by Crippen LogP contribution is 2.29. The second-order valence-corrected chi connectivity index (χ2v) is 8.83. The Balaban J connectivity index is 1.33. The lowest BCUT2D eigenvalue weighted by atomic mass is 10.1. The SMILES string of the molecule is CCOc1ccc(Cn2cc(NC(=O)c3ccc(COc4ccc(Cl)c(C)c4)cc3)cn2)cc1OCC. The van der Waals surface area contributed by atoms with Gasteiger partial charge in [0.25, 0.3) is 5.91 Å². The molecule has 0 unspecified atom stereocenters. The number of nitrogens with zero attached hydrogens (tertiary/aromatic N) is 2. The third-order valence-corrected chi connectivity index (χ3v) is 6.02. The third kappa shape index (κ3) is 7.05. The van der Waals surface area contributed by atoms with E-state index in [1.165, 1.54) is 0 Å². The van der Waals surface area contributed by atoms with Crippen molar-refractivity contribution in [3.05, 3.63) is 100 Å². The molecule has 1 N–H and O–H groups in total. The fourth-order valence-corrected chi connectivity index (χ4v) is 3.84. The van der Waals surface area contributed by atoms with Gasteiger partial charge in [0.15, 0.2) is 11.5 Å². The largest absolute Gasteiger partial charge is 0.490 e. The van der Waals surface area contributed by atoms with Crippen LogP contribution in [0.4, 0.5) is 5.69 Å². The quantitative estimate of drug-likeness (QED) is 0.244. The Bertz CT molecular complexity index is 1350. The summed E-state index contributed by atoms with van der Waals surface area (Å²) in [6.07, 6.45) is 3.43. The minimum absolute atomic E-state index is 0.208. The van der Waals surface area contributed by atoms with Crippen molar-refractivity contribution in [1.82, 2.24) is 9.78 Å². The number of hydrogen-bond donors (Lipinski definition) is 1. The molecule has 37 heavy (non-hydrogen) atoms. The Kier molecular flexibility index (Phi) is 8.69. The van der Waals surface area contributed by atoms with Crippen molar-refractivity contribution in [2.24, 2.45) is 0 Å². The van der Waals surface area contributed by atoms with Crippen LogP contribution in [0.5, 0.6) is 17.2 Å². The van der Waals surface area contributed by atoms with Crippen LogP contribution in [0.15, 0.2) is 73.1 Å². The highest BCUT2D eigenvalue weighted by Gasteiger charge is 2.10. The molecule has 1 amide bonds. The summed E-state index contributed by atoms with van der Waals surface area (Å²) in [5.74, 6) is 1.97. The summed E-state index contributed by atoms with van der Waals surface area (Å²) < 4.78 is 18.9. The zero-order valence-corrected chi connectivity index (χ0v) is 21.9. The summed E-state index contributed by atoms with van der Waals surface area (Å²) in [4.78, 5) is 12.7. The van der Waals surface area contributed by atoms with Crippen LogP contribution in [0.25, 0.3) is 0 Å². The molecule has 0 aliphatic rings. The average molecular weight is 520 g/mol. The Labute approximate surface area is 221 Å². The molecule has 8 heteroatoms. The summed E-state index contributed by atoms with van der Waals surface area (Å²) in [6, 6.07) is 18.7. The Morgan fingerprint density at radius 2 is 1.65 bits per heavy atom. The van der Waals surface area contributed by atoms with Crippen LogP contribution in [0.1, 0.15) is 40.9 Å². The fourth-order valence-electron chi connectivity index (χ4n) is 3.72. The first-order valence-corrected chi connectivity index (χ1v) is 12.5. The molecule has 7 nitrogen and oxygen atoms in total. The number of nitrogens with one attached hydrogen (secondary N) is 1. The van der Waals surface area contributed by atoms with Gasteiger partial charge < -0.3 is 19.5 Å². The zero-order chi connectivity index (χ0) is 26.2. The maximum Gasteiger partial charge on any atom is 0.255 e. The highest BCUT2D eigenvalue weighted by molar-refractivity contribution is 6.31. The predicted molar refractivity (Wildman–Crippen MR) is 145 cm³/mol. The van der Waals surface area contributed by atoms with Gasteiger partial charge in [0.05, 0.1) is 31.6 Å². The van der Waals surface area contributed by atoms with E-state index in [9.17, 15) is 4.79 Å². The maximum absolute atomic E-state index is 12.7. The van der Waals surface area contributed by atoms with Crippen molar-refractivity contribution in [2.45, 2.75) is 33.9 Å². The van der Waals surface area contributed by atoms with E-state index in [0.717, 1.165) is 28.2 Å². The van der Waals surface area contributed by atoms with Crippen LogP contribution >= 0.6 is 11.6 Å². The number of anilines is 1. The van der Waals surface area contributed by atoms with E-state index in [1.54, 1.807) is 29.2 Å². The van der Waals surface area contributed by atoms with E-state index in [2.05, 4.69) is 10.4 Å². The van der Waals surface area contributed by atoms with E-state index < -0.39 is 0 Å². The van der Waals surface area contributed by atoms with Gasteiger partial charge in [0, 0.05) is 16.8 Å². The van der Waals surface area contributed by atoms with Crippen molar-refractivity contribution < 1.29 is 19.0 Å². The first-order valence-electron chi connectivity index (χ1n) is 12.2. The van der Waals surface area contributed by atoms with E-state index in [-0.39, 0.29) is 5.91 Å². The Morgan fingerprint density at radius 3 is 2.38 bits per heavy atom. The van der Waals surface area contributed by atoms with Gasteiger partial charge in [-0.15, -0.1) is 0 Å². The topological polar surface area (TPSA) is 74.6 Å². The molecule has 0 atom stereocenters. The number of amides is 1. The molecule has 0 radical (unpaired) electrons. The van der Waals surface area contributed by atoms with Gasteiger partial charge in [-0.25, -0.2) is 0 Å². The third-order valence-electron chi connectivity index (χ3n) is 5.59. The zero-order valence-electron chi connectivity index (χ0n) is 21.2. The van der Waals surface area contributed by atoms with Crippen LogP contribution in [-0.2, 0) is 13.2 Å². The van der Waals surface area contributed by atoms with Crippen LogP contribution < -0.4 is 19.5 Å². The lowest BCUT2D eigenvalue weighted by Crippen LogP contribution is -2.11. The van der Waals surface area contributed by atoms with Crippen molar-refractivity contribution in [3.8, 4) is 17.2 Å². The number of aryl methyl sites for hydroxylation is 1. The van der Waals surface area contributed by atoms with E-state index >= 15 is 0 Å². The molecule has 0 aliphatic heterocycles. The second-order valence-electron chi connectivity index (χ2n) is 8.42. The monoisotopic (exact) mass is 519 g/mol. The molecule has 0 fully saturated rings. The number of ether oxygens (including phenoxy) is 3. The van der Waals surface area contributed by atoms with Crippen LogP contribution in [-0.4, -0.2) is 28.9 Å². The van der Waals surface area contributed by atoms with Gasteiger partial charge in [-0.3, -0.25) is 9.48 Å². The molecule has 3 aromatic carbocycles. The van der Waals surface area contributed by atoms with Crippen LogP contribution in [0.2, 0.25) is 5.02 Å². The number of carbonyl (C=O) groups is 1. The Hall–Kier alpha value is -3.97. The van der Waals surface area contributed by atoms with Crippen molar-refractivity contribution >= 4 is 23.2 Å². The minimum Gasteiger partial charge on any atom is -0.490 e. The van der Waals surface area contributed by atoms with Gasteiger partial charge >= 0.3 is 0 Å². The molecule has 1 aromatic heterocycles. The Morgan fingerprint density at radius 1 is 0.919 bits per heavy atom. The van der Waals surface area contributed by atoms with Crippen LogP contribution in [0.3, 0.4) is 0 Å². The number of halogens is 1. The van der Waals surface area contributed by atoms with Crippen molar-refractivity contribution in [3.63, 3.8) is 0 Å². The number of carbonyl (C=O) groups excluding carboxylic acids is 1. The lowest BCUT2D eigenvalue weighted by molar-refractivity contribution is 0.102. The predicted octanol–water partition coefficient (Wildman–Crippen LogP) is 6.52. The summed E-state index contributed by atoms with van der Waals surface area (Å²) in [7, 11) is 0. The molecule has 0 bridgehead atoms. The molecule has 0 spiro atoms. The van der Waals surface area contributed by atoms with Crippen LogP contribution in [0, 0.1) is 6.92 Å². The minimum atomic E-state index is -0.208. The number of benzene rings is 3. The molecular weight excluding hydrogens is 490 g/mol. The maximum atomic E-state index is 12.7. The van der Waals surface area contributed by atoms with Gasteiger partial charge in [-0.1, -0.05) is 29.8 Å². The van der Waals surface area contributed by atoms with E-state index in [1.807, 2.05) is 69.3 Å². The molecule has 0 saturated heterocycles. The first-order chi connectivity index (χ1) is 17.9. The van der Waals surface area contributed by atoms with Gasteiger partial charge in [-0.05, 0) is 79.9 Å². The molecule has 0 aliphatic carbocycles. The molecule has 1 heterocycles. The van der Waals surface area contributed by atoms with E-state index in [4.69, 9.17) is 25.8 Å². The normalized spacial score (nSPS) is 10.7. The van der Waals surface area contributed by atoms with Crippen molar-refractivity contribution in [2.75, 3.05) is 18.5 Å². The number of aromatic nitrogens is 2. The summed E-state index contributed by atoms with van der Waals surface area (Å²) in [5, 5.41) is 7.98. The molecule has 4 aromatic rings. The van der Waals surface area contributed by atoms with Gasteiger partial charge in [0.1, 0.15) is 12.4 Å². The molecule has 0 saturated carbocycles. The number of hydrogen-bond acceptors (Lipinski definition) is 5. The van der Waals surface area contributed by atoms with Gasteiger partial charge in [-0.2, -0.15) is 5.10 Å². The second kappa shape index (κ2) is 12.3. The fraction of sp³-hybridized carbons (Fsp3) is 0.241.